The van der Waals surface area contributed by atoms with Gasteiger partial charge in [0.2, 0.25) is 5.82 Å². The van der Waals surface area contributed by atoms with Crippen LogP contribution in [0.4, 0.5) is 5.69 Å². The fourth-order valence-electron chi connectivity index (χ4n) is 3.16. The highest BCUT2D eigenvalue weighted by atomic mass is 16.2. The number of rotatable bonds is 6. The minimum absolute atomic E-state index is 0.194. The first-order valence-corrected chi connectivity index (χ1v) is 9.53. The molecular formula is C22H26N4O2. The van der Waals surface area contributed by atoms with Crippen LogP contribution in [0.15, 0.2) is 42.6 Å². The number of carbonyl (C=O) groups is 2. The van der Waals surface area contributed by atoms with Gasteiger partial charge in [0, 0.05) is 25.5 Å². The van der Waals surface area contributed by atoms with Crippen LogP contribution in [-0.4, -0.2) is 39.7 Å². The van der Waals surface area contributed by atoms with Gasteiger partial charge < -0.3 is 10.2 Å². The predicted molar refractivity (Wildman–Crippen MR) is 111 cm³/mol. The van der Waals surface area contributed by atoms with Gasteiger partial charge in [0.25, 0.3) is 11.8 Å². The molecule has 0 saturated heterocycles. The van der Waals surface area contributed by atoms with Gasteiger partial charge in [-0.05, 0) is 44.0 Å². The number of unbranched alkanes of at least 4 members (excludes halogenated alkanes) is 1. The monoisotopic (exact) mass is 378 g/mol. The molecule has 1 aromatic carbocycles. The lowest BCUT2D eigenvalue weighted by atomic mass is 10.1. The van der Waals surface area contributed by atoms with Gasteiger partial charge in [0.1, 0.15) is 0 Å². The fraction of sp³-hybridized carbons (Fsp3) is 0.318. The van der Waals surface area contributed by atoms with E-state index >= 15 is 0 Å². The number of imidazole rings is 1. The minimum Gasteiger partial charge on any atom is -0.339 e. The van der Waals surface area contributed by atoms with E-state index in [-0.39, 0.29) is 23.3 Å². The lowest BCUT2D eigenvalue weighted by molar-refractivity contribution is 0.0780. The lowest BCUT2D eigenvalue weighted by Crippen LogP contribution is -2.29. The highest BCUT2D eigenvalue weighted by Gasteiger charge is 2.23. The summed E-state index contributed by atoms with van der Waals surface area (Å²) in [5.41, 5.74) is 3.70. The van der Waals surface area contributed by atoms with E-state index in [9.17, 15) is 9.59 Å². The molecule has 146 valence electrons. The molecule has 3 aromatic rings. The standard InChI is InChI=1S/C22H26N4O2/c1-5-6-12-25(4)22(28)20-24-19(18-9-7-8-13-26(18)20)21(27)23-17-11-10-15(2)14-16(17)3/h7-11,13-14H,5-6,12H2,1-4H3,(H,23,27). The highest BCUT2D eigenvalue weighted by Crippen LogP contribution is 2.20. The number of anilines is 1. The molecule has 2 aromatic heterocycles. The Balaban J connectivity index is 1.95. The zero-order valence-corrected chi connectivity index (χ0v) is 16.8. The second-order valence-electron chi connectivity index (χ2n) is 7.09. The number of aromatic nitrogens is 2. The normalized spacial score (nSPS) is 10.9. The van der Waals surface area contributed by atoms with Gasteiger partial charge in [0.15, 0.2) is 5.69 Å². The molecule has 0 aliphatic heterocycles. The summed E-state index contributed by atoms with van der Waals surface area (Å²) in [6.07, 6.45) is 3.69. The van der Waals surface area contributed by atoms with Crippen molar-refractivity contribution in [3.05, 3.63) is 65.2 Å². The molecular weight excluding hydrogens is 352 g/mol. The predicted octanol–water partition coefficient (Wildman–Crippen LogP) is 4.08. The zero-order chi connectivity index (χ0) is 20.3. The van der Waals surface area contributed by atoms with Gasteiger partial charge in [0.05, 0.1) is 5.52 Å². The maximum atomic E-state index is 12.9. The second-order valence-corrected chi connectivity index (χ2v) is 7.09. The maximum absolute atomic E-state index is 12.9. The molecule has 28 heavy (non-hydrogen) atoms. The third kappa shape index (κ3) is 3.91. The maximum Gasteiger partial charge on any atom is 0.289 e. The molecule has 2 amide bonds. The summed E-state index contributed by atoms with van der Waals surface area (Å²) in [5.74, 6) is -0.272. The smallest absolute Gasteiger partial charge is 0.289 e. The number of nitrogens with zero attached hydrogens (tertiary/aromatic N) is 3. The van der Waals surface area contributed by atoms with Crippen molar-refractivity contribution in [2.75, 3.05) is 18.9 Å². The van der Waals surface area contributed by atoms with E-state index < -0.39 is 0 Å². The summed E-state index contributed by atoms with van der Waals surface area (Å²) in [5, 5.41) is 2.92. The highest BCUT2D eigenvalue weighted by molar-refractivity contribution is 6.09. The Kier molecular flexibility index (Phi) is 5.78. The minimum atomic E-state index is -0.328. The van der Waals surface area contributed by atoms with E-state index in [2.05, 4.69) is 17.2 Å². The van der Waals surface area contributed by atoms with Crippen LogP contribution < -0.4 is 5.32 Å². The van der Waals surface area contributed by atoms with Crippen molar-refractivity contribution in [2.45, 2.75) is 33.6 Å². The van der Waals surface area contributed by atoms with E-state index in [0.717, 1.165) is 29.7 Å². The fourth-order valence-corrected chi connectivity index (χ4v) is 3.16. The van der Waals surface area contributed by atoms with Crippen LogP contribution in [0.25, 0.3) is 5.52 Å². The molecule has 1 N–H and O–H groups in total. The van der Waals surface area contributed by atoms with Crippen LogP contribution in [-0.2, 0) is 0 Å². The molecule has 0 spiro atoms. The van der Waals surface area contributed by atoms with Crippen molar-refractivity contribution in [1.82, 2.24) is 14.3 Å². The topological polar surface area (TPSA) is 66.7 Å². The van der Waals surface area contributed by atoms with Gasteiger partial charge in [-0.1, -0.05) is 37.1 Å². The molecule has 0 fully saturated rings. The summed E-state index contributed by atoms with van der Waals surface area (Å²) < 4.78 is 1.68. The molecule has 0 aliphatic rings. The van der Waals surface area contributed by atoms with Crippen molar-refractivity contribution >= 4 is 23.0 Å². The third-order valence-electron chi connectivity index (χ3n) is 4.78. The number of pyridine rings is 1. The van der Waals surface area contributed by atoms with Crippen molar-refractivity contribution in [2.24, 2.45) is 0 Å². The van der Waals surface area contributed by atoms with E-state index in [1.165, 1.54) is 0 Å². The van der Waals surface area contributed by atoms with E-state index in [0.29, 0.717) is 12.1 Å². The molecule has 2 heterocycles. The Bertz CT molecular complexity index is 1020. The molecule has 6 heteroatoms. The van der Waals surface area contributed by atoms with Crippen LogP contribution in [0.5, 0.6) is 0 Å². The Labute approximate surface area is 165 Å². The van der Waals surface area contributed by atoms with Crippen LogP contribution in [0, 0.1) is 13.8 Å². The first kappa shape index (κ1) is 19.6. The second kappa shape index (κ2) is 8.25. The van der Waals surface area contributed by atoms with Gasteiger partial charge in [-0.15, -0.1) is 0 Å². The summed E-state index contributed by atoms with van der Waals surface area (Å²) in [6, 6.07) is 11.3. The summed E-state index contributed by atoms with van der Waals surface area (Å²) >= 11 is 0. The van der Waals surface area contributed by atoms with Gasteiger partial charge in [-0.25, -0.2) is 4.98 Å². The number of carbonyl (C=O) groups excluding carboxylic acids is 2. The van der Waals surface area contributed by atoms with Crippen molar-refractivity contribution in [3.8, 4) is 0 Å². The largest absolute Gasteiger partial charge is 0.339 e. The molecule has 0 aliphatic carbocycles. The molecule has 0 atom stereocenters. The molecule has 0 radical (unpaired) electrons. The Morgan fingerprint density at radius 2 is 1.96 bits per heavy atom. The average molecular weight is 378 g/mol. The molecule has 0 unspecified atom stereocenters. The Morgan fingerprint density at radius 3 is 2.68 bits per heavy atom. The first-order chi connectivity index (χ1) is 13.4. The van der Waals surface area contributed by atoms with E-state index in [1.807, 2.05) is 44.2 Å². The van der Waals surface area contributed by atoms with Crippen LogP contribution in [0.2, 0.25) is 0 Å². The number of amides is 2. The van der Waals surface area contributed by atoms with Gasteiger partial charge >= 0.3 is 0 Å². The van der Waals surface area contributed by atoms with Crippen molar-refractivity contribution in [3.63, 3.8) is 0 Å². The molecule has 3 rings (SSSR count). The quantitative estimate of drug-likeness (QED) is 0.703. The van der Waals surface area contributed by atoms with Crippen molar-refractivity contribution < 1.29 is 9.59 Å². The summed E-state index contributed by atoms with van der Waals surface area (Å²) in [7, 11) is 1.76. The number of hydrogen-bond acceptors (Lipinski definition) is 3. The Hall–Kier alpha value is -3.15. The van der Waals surface area contributed by atoms with Crippen molar-refractivity contribution in [1.29, 1.82) is 0 Å². The summed E-state index contributed by atoms with van der Waals surface area (Å²) in [6.45, 7) is 6.69. The van der Waals surface area contributed by atoms with Gasteiger partial charge in [-0.2, -0.15) is 0 Å². The number of aryl methyl sites for hydroxylation is 2. The number of benzene rings is 1. The molecule has 0 bridgehead atoms. The summed E-state index contributed by atoms with van der Waals surface area (Å²) in [4.78, 5) is 31.9. The van der Waals surface area contributed by atoms with Crippen LogP contribution >= 0.6 is 0 Å². The first-order valence-electron chi connectivity index (χ1n) is 9.53. The number of fused-ring (bicyclic) bond motifs is 1. The molecule has 0 saturated carbocycles. The van der Waals surface area contributed by atoms with E-state index in [4.69, 9.17) is 0 Å². The number of hydrogen-bond donors (Lipinski definition) is 1. The van der Waals surface area contributed by atoms with Crippen LogP contribution in [0.1, 0.15) is 52.0 Å². The average Bonchev–Trinajstić information content (AvgIpc) is 3.07. The molecule has 6 nitrogen and oxygen atoms in total. The Morgan fingerprint density at radius 1 is 1.18 bits per heavy atom. The lowest BCUT2D eigenvalue weighted by Gasteiger charge is -2.15. The van der Waals surface area contributed by atoms with Gasteiger partial charge in [-0.3, -0.25) is 14.0 Å². The van der Waals surface area contributed by atoms with Crippen LogP contribution in [0.3, 0.4) is 0 Å². The SMILES string of the molecule is CCCCN(C)C(=O)c1nc(C(=O)Nc2ccc(C)cc2C)c2ccccn12. The third-order valence-corrected chi connectivity index (χ3v) is 4.78. The zero-order valence-electron chi connectivity index (χ0n) is 16.8. The van der Waals surface area contributed by atoms with E-state index in [1.54, 1.807) is 28.6 Å². The number of nitrogens with one attached hydrogen (secondary N) is 1.